The first-order valence-electron chi connectivity index (χ1n) is 7.86. The highest BCUT2D eigenvalue weighted by molar-refractivity contribution is 7.13. The number of nitrogens with zero attached hydrogens (tertiary/aromatic N) is 4. The summed E-state index contributed by atoms with van der Waals surface area (Å²) in [7, 11) is 0. The van der Waals surface area contributed by atoms with E-state index in [0.717, 1.165) is 10.4 Å². The molecule has 0 aliphatic heterocycles. The number of hydrogen-bond acceptors (Lipinski definition) is 7. The number of benzene rings is 1. The first kappa shape index (κ1) is 16.2. The second-order valence-electron chi connectivity index (χ2n) is 5.53. The summed E-state index contributed by atoms with van der Waals surface area (Å²) in [5.74, 6) is 0.265. The van der Waals surface area contributed by atoms with Crippen LogP contribution in [0.1, 0.15) is 21.6 Å². The minimum atomic E-state index is -0.405. The first-order valence-corrected chi connectivity index (χ1v) is 8.74. The van der Waals surface area contributed by atoms with Gasteiger partial charge in [0.1, 0.15) is 25.0 Å². The molecule has 0 bridgehead atoms. The quantitative estimate of drug-likeness (QED) is 0.486. The van der Waals surface area contributed by atoms with Crippen LogP contribution in [0.15, 0.2) is 65.0 Å². The van der Waals surface area contributed by atoms with E-state index in [1.165, 1.54) is 6.33 Å². The molecule has 7 nitrogen and oxygen atoms in total. The van der Waals surface area contributed by atoms with Gasteiger partial charge in [-0.2, -0.15) is 5.10 Å². The molecule has 3 heterocycles. The molecule has 130 valence electrons. The molecule has 0 atom stereocenters. The van der Waals surface area contributed by atoms with E-state index in [4.69, 9.17) is 9.26 Å². The fourth-order valence-electron chi connectivity index (χ4n) is 2.39. The second kappa shape index (κ2) is 7.32. The minimum absolute atomic E-state index is 0.0639. The van der Waals surface area contributed by atoms with Crippen molar-refractivity contribution in [2.45, 2.75) is 13.2 Å². The predicted octanol–water partition coefficient (Wildman–Crippen LogP) is 3.40. The van der Waals surface area contributed by atoms with Gasteiger partial charge in [0.15, 0.2) is 5.76 Å². The molecule has 0 amide bonds. The smallest absolute Gasteiger partial charge is 0.338 e. The molecule has 26 heavy (non-hydrogen) atoms. The largest absolute Gasteiger partial charge is 0.455 e. The molecule has 0 spiro atoms. The Morgan fingerprint density at radius 2 is 2.12 bits per heavy atom. The van der Waals surface area contributed by atoms with E-state index in [2.05, 4.69) is 15.2 Å². The van der Waals surface area contributed by atoms with Gasteiger partial charge in [-0.15, -0.1) is 11.3 Å². The third kappa shape index (κ3) is 3.70. The summed E-state index contributed by atoms with van der Waals surface area (Å²) in [5.41, 5.74) is 2.07. The Hall–Kier alpha value is -3.26. The summed E-state index contributed by atoms with van der Waals surface area (Å²) < 4.78 is 12.3. The Balaban J connectivity index is 1.34. The third-order valence-corrected chi connectivity index (χ3v) is 4.56. The standard InChI is InChI=1S/C18H14N4O3S/c23-18(14-5-3-13(4-6-14)9-22-12-19-11-20-22)24-10-15-8-16(25-21-15)17-2-1-7-26-17/h1-8,11-12H,9-10H2. The third-order valence-electron chi connectivity index (χ3n) is 3.67. The maximum absolute atomic E-state index is 12.2. The maximum atomic E-state index is 12.2. The normalized spacial score (nSPS) is 10.8. The number of carbonyl (C=O) groups excluding carboxylic acids is 1. The highest BCUT2D eigenvalue weighted by atomic mass is 32.1. The summed E-state index contributed by atoms with van der Waals surface area (Å²) in [5, 5.41) is 9.95. The van der Waals surface area contributed by atoms with E-state index in [0.29, 0.717) is 23.6 Å². The van der Waals surface area contributed by atoms with Crippen LogP contribution in [-0.4, -0.2) is 25.9 Å². The zero-order valence-electron chi connectivity index (χ0n) is 13.6. The number of ether oxygens (including phenoxy) is 1. The van der Waals surface area contributed by atoms with Crippen LogP contribution < -0.4 is 0 Å². The predicted molar refractivity (Wildman–Crippen MR) is 94.5 cm³/mol. The summed E-state index contributed by atoms with van der Waals surface area (Å²) >= 11 is 1.56. The summed E-state index contributed by atoms with van der Waals surface area (Å²) in [6, 6.07) is 12.9. The van der Waals surface area contributed by atoms with Crippen molar-refractivity contribution in [3.63, 3.8) is 0 Å². The summed E-state index contributed by atoms with van der Waals surface area (Å²) in [6.45, 7) is 0.661. The lowest BCUT2D eigenvalue weighted by atomic mass is 10.1. The van der Waals surface area contributed by atoms with Gasteiger partial charge in [-0.3, -0.25) is 0 Å². The van der Waals surface area contributed by atoms with Crippen LogP contribution in [0.25, 0.3) is 10.6 Å². The maximum Gasteiger partial charge on any atom is 0.338 e. The van der Waals surface area contributed by atoms with Crippen molar-refractivity contribution >= 4 is 17.3 Å². The summed E-state index contributed by atoms with van der Waals surface area (Å²) in [4.78, 5) is 17.1. The monoisotopic (exact) mass is 366 g/mol. The second-order valence-corrected chi connectivity index (χ2v) is 6.47. The van der Waals surface area contributed by atoms with E-state index in [1.807, 2.05) is 29.6 Å². The van der Waals surface area contributed by atoms with Gasteiger partial charge in [-0.25, -0.2) is 14.5 Å². The zero-order valence-corrected chi connectivity index (χ0v) is 14.4. The van der Waals surface area contributed by atoms with Crippen molar-refractivity contribution in [2.75, 3.05) is 0 Å². The molecule has 0 N–H and O–H groups in total. The van der Waals surface area contributed by atoms with Crippen molar-refractivity contribution < 1.29 is 14.1 Å². The number of aromatic nitrogens is 4. The first-order chi connectivity index (χ1) is 12.8. The highest BCUT2D eigenvalue weighted by Gasteiger charge is 2.11. The average Bonchev–Trinajstić information content (AvgIpc) is 3.41. The lowest BCUT2D eigenvalue weighted by Gasteiger charge is -2.04. The van der Waals surface area contributed by atoms with Gasteiger partial charge >= 0.3 is 5.97 Å². The molecule has 0 aliphatic rings. The molecular formula is C18H14N4O3S. The molecule has 0 radical (unpaired) electrons. The molecule has 8 heteroatoms. The van der Waals surface area contributed by atoms with Crippen molar-refractivity contribution in [3.8, 4) is 10.6 Å². The SMILES string of the molecule is O=C(OCc1cc(-c2cccs2)on1)c1ccc(Cn2cncn2)cc1. The average molecular weight is 366 g/mol. The highest BCUT2D eigenvalue weighted by Crippen LogP contribution is 2.25. The van der Waals surface area contributed by atoms with Crippen LogP contribution in [0.3, 0.4) is 0 Å². The van der Waals surface area contributed by atoms with E-state index in [9.17, 15) is 4.79 Å². The van der Waals surface area contributed by atoms with Crippen LogP contribution >= 0.6 is 11.3 Å². The van der Waals surface area contributed by atoms with Crippen molar-refractivity contribution in [2.24, 2.45) is 0 Å². The fourth-order valence-corrected chi connectivity index (χ4v) is 3.06. The molecule has 0 saturated carbocycles. The van der Waals surface area contributed by atoms with Gasteiger partial charge in [0, 0.05) is 6.07 Å². The van der Waals surface area contributed by atoms with Gasteiger partial charge in [-0.1, -0.05) is 23.4 Å². The number of hydrogen-bond donors (Lipinski definition) is 0. The molecule has 3 aromatic heterocycles. The van der Waals surface area contributed by atoms with Gasteiger partial charge in [0.2, 0.25) is 0 Å². The van der Waals surface area contributed by atoms with Gasteiger partial charge in [0.05, 0.1) is 17.0 Å². The molecular weight excluding hydrogens is 352 g/mol. The van der Waals surface area contributed by atoms with Crippen LogP contribution in [0.2, 0.25) is 0 Å². The van der Waals surface area contributed by atoms with E-state index in [1.54, 1.807) is 40.5 Å². The lowest BCUT2D eigenvalue weighted by Crippen LogP contribution is -2.06. The van der Waals surface area contributed by atoms with Gasteiger partial charge < -0.3 is 9.26 Å². The lowest BCUT2D eigenvalue weighted by molar-refractivity contribution is 0.0464. The Kier molecular flexibility index (Phi) is 4.57. The Morgan fingerprint density at radius 1 is 1.23 bits per heavy atom. The van der Waals surface area contributed by atoms with Crippen molar-refractivity contribution in [3.05, 3.63) is 77.3 Å². The Labute approximate surface area is 152 Å². The number of thiophene rings is 1. The number of rotatable bonds is 6. The van der Waals surface area contributed by atoms with Crippen LogP contribution in [-0.2, 0) is 17.9 Å². The van der Waals surface area contributed by atoms with E-state index < -0.39 is 5.97 Å². The molecule has 1 aromatic carbocycles. The van der Waals surface area contributed by atoms with Gasteiger partial charge in [-0.05, 0) is 29.1 Å². The van der Waals surface area contributed by atoms with E-state index >= 15 is 0 Å². The fraction of sp³-hybridized carbons (Fsp3) is 0.111. The number of esters is 1. The van der Waals surface area contributed by atoms with Crippen LogP contribution in [0, 0.1) is 0 Å². The Bertz CT molecular complexity index is 976. The molecule has 0 aliphatic carbocycles. The van der Waals surface area contributed by atoms with Gasteiger partial charge in [0.25, 0.3) is 0 Å². The zero-order chi connectivity index (χ0) is 17.8. The molecule has 4 aromatic rings. The minimum Gasteiger partial charge on any atom is -0.455 e. The topological polar surface area (TPSA) is 83.0 Å². The van der Waals surface area contributed by atoms with Crippen molar-refractivity contribution in [1.82, 2.24) is 19.9 Å². The molecule has 0 saturated heterocycles. The van der Waals surface area contributed by atoms with Crippen molar-refractivity contribution in [1.29, 1.82) is 0 Å². The van der Waals surface area contributed by atoms with Crippen LogP contribution in [0.4, 0.5) is 0 Å². The number of carbonyl (C=O) groups is 1. The van der Waals surface area contributed by atoms with Crippen LogP contribution in [0.5, 0.6) is 0 Å². The Morgan fingerprint density at radius 3 is 2.85 bits per heavy atom. The molecule has 0 unspecified atom stereocenters. The molecule has 4 rings (SSSR count). The molecule has 0 fully saturated rings. The van der Waals surface area contributed by atoms with E-state index in [-0.39, 0.29) is 6.61 Å². The summed E-state index contributed by atoms with van der Waals surface area (Å²) in [6.07, 6.45) is 3.13.